The van der Waals surface area contributed by atoms with E-state index >= 15 is 16.8 Å². The second-order valence-electron chi connectivity index (χ2n) is 30.7. The molecule has 124 heavy (non-hydrogen) atoms. The molecular formula is C82H100N10O30S2. The number of carboxylic acid groups (broad SMARTS) is 4. The second kappa shape index (κ2) is 45.6. The van der Waals surface area contributed by atoms with Crippen LogP contribution in [0.5, 0.6) is 11.5 Å². The number of amides is 6. The van der Waals surface area contributed by atoms with Crippen molar-refractivity contribution in [3.63, 3.8) is 0 Å². The van der Waals surface area contributed by atoms with Gasteiger partial charge >= 0.3 is 92.8 Å². The first-order valence-corrected chi connectivity index (χ1v) is 40.9. The Bertz CT molecular complexity index is 4690. The third-order valence-electron chi connectivity index (χ3n) is 15.9. The Balaban J connectivity index is 1.19. The predicted octanol–water partition coefficient (Wildman–Crippen LogP) is 11.3. The van der Waals surface area contributed by atoms with Crippen molar-refractivity contribution >= 4 is 116 Å². The lowest BCUT2D eigenvalue weighted by Gasteiger charge is -2.33. The van der Waals surface area contributed by atoms with Crippen molar-refractivity contribution in [1.29, 1.82) is 0 Å². The fourth-order valence-corrected chi connectivity index (χ4v) is 13.7. The van der Waals surface area contributed by atoms with Gasteiger partial charge in [-0.25, -0.2) is 38.4 Å². The highest BCUT2D eigenvalue weighted by Gasteiger charge is 2.44. The highest BCUT2D eigenvalue weighted by molar-refractivity contribution is 7.87. The van der Waals surface area contributed by atoms with Gasteiger partial charge in [-0.1, -0.05) is 84.9 Å². The monoisotopic (exact) mass is 1770 g/mol. The lowest BCUT2D eigenvalue weighted by molar-refractivity contribution is -0.144. The minimum absolute atomic E-state index is 0.0159. The quantitative estimate of drug-likeness (QED) is 0.00448. The molecule has 0 aliphatic rings. The topological polar surface area (TPSA) is 532 Å². The number of hydrogen-bond acceptors (Lipinski definition) is 26. The van der Waals surface area contributed by atoms with Crippen LogP contribution in [-0.4, -0.2) is 213 Å². The van der Waals surface area contributed by atoms with E-state index in [1.165, 1.54) is 97.1 Å². The van der Waals surface area contributed by atoms with Crippen molar-refractivity contribution in [3.05, 3.63) is 191 Å². The molecule has 8 N–H and O–H groups in total. The van der Waals surface area contributed by atoms with Gasteiger partial charge in [-0.15, -0.1) is 9.98 Å². The van der Waals surface area contributed by atoms with Gasteiger partial charge in [0.15, 0.2) is 0 Å². The molecule has 0 heterocycles. The maximum Gasteiger partial charge on any atom is 0.437 e. The van der Waals surface area contributed by atoms with Crippen LogP contribution in [0.25, 0.3) is 0 Å². The molecule has 42 heteroatoms. The van der Waals surface area contributed by atoms with Gasteiger partial charge in [0.1, 0.15) is 59.2 Å². The van der Waals surface area contributed by atoms with Gasteiger partial charge in [0.2, 0.25) is 11.9 Å². The summed E-state index contributed by atoms with van der Waals surface area (Å²) >= 11 is 0. The van der Waals surface area contributed by atoms with Crippen LogP contribution >= 0.6 is 0 Å². The molecule has 2 unspecified atom stereocenters. The van der Waals surface area contributed by atoms with Gasteiger partial charge in [-0.05, 0) is 191 Å². The first-order chi connectivity index (χ1) is 58.0. The number of alkyl carbamates (subject to hydrolysis) is 2. The summed E-state index contributed by atoms with van der Waals surface area (Å²) in [6.45, 7) is 12.3. The van der Waals surface area contributed by atoms with E-state index in [1.54, 1.807) is 144 Å². The summed E-state index contributed by atoms with van der Waals surface area (Å²) in [7, 11) is -10.9. The van der Waals surface area contributed by atoms with Crippen LogP contribution in [0.15, 0.2) is 168 Å². The third kappa shape index (κ3) is 35.1. The van der Waals surface area contributed by atoms with Crippen molar-refractivity contribution in [2.75, 3.05) is 50.2 Å². The van der Waals surface area contributed by atoms with Gasteiger partial charge in [-0.3, -0.25) is 29.8 Å². The first kappa shape index (κ1) is 99.7. The van der Waals surface area contributed by atoms with Gasteiger partial charge in [0.05, 0.1) is 50.6 Å². The van der Waals surface area contributed by atoms with E-state index in [1.807, 2.05) is 0 Å². The normalized spacial score (nSPS) is 12.6. The SMILES string of the molecule is CC(C)(C)OC(=O)N=C(NC(=O)OC(C)(C)C)Nc1ccc(C(=O)Oc2ccc(CN(C(=O)OCc3ccccc3)S(=O)(=O)N(CCOCCOCCN(C(CCC(=O)O)C(=O)O)S(=O)(=O)N(Cc3ccc(OC(=O)c4ccc(NC(=NC(=O)OC(C)(C)C)NC(=O)OC(C)(C)C)cc4)cc3)C(=O)OCc3ccccc3)C(CCC(=O)O)C(=O)O)cc2)cc1. The Kier molecular flexibility index (Phi) is 36.7. The average Bonchev–Trinajstić information content (AvgIpc) is 0.787. The molecule has 670 valence electrons. The number of esters is 2. The number of rotatable bonds is 37. The number of hydrogen-bond donors (Lipinski definition) is 8. The van der Waals surface area contributed by atoms with Crippen LogP contribution < -0.4 is 30.7 Å². The van der Waals surface area contributed by atoms with E-state index in [0.717, 1.165) is 0 Å². The van der Waals surface area contributed by atoms with Gasteiger partial charge in [0, 0.05) is 37.3 Å². The molecule has 6 rings (SSSR count). The Morgan fingerprint density at radius 2 is 0.710 bits per heavy atom. The molecule has 6 aromatic carbocycles. The molecule has 6 aromatic rings. The van der Waals surface area contributed by atoms with E-state index in [4.69, 9.17) is 47.4 Å². The van der Waals surface area contributed by atoms with Crippen molar-refractivity contribution in [2.24, 2.45) is 9.98 Å². The van der Waals surface area contributed by atoms with Gasteiger partial charge in [0.25, 0.3) is 0 Å². The Labute approximate surface area is 715 Å². The van der Waals surface area contributed by atoms with E-state index in [9.17, 15) is 78.0 Å². The molecule has 6 amide bonds. The number of nitrogens with zero attached hydrogens (tertiary/aromatic N) is 6. The Morgan fingerprint density at radius 3 is 1.00 bits per heavy atom. The molecule has 2 atom stereocenters. The van der Waals surface area contributed by atoms with Crippen LogP contribution in [0.3, 0.4) is 0 Å². The number of carbonyl (C=O) groups excluding carboxylic acids is 8. The first-order valence-electron chi connectivity index (χ1n) is 38.1. The van der Waals surface area contributed by atoms with Crippen molar-refractivity contribution in [2.45, 2.75) is 170 Å². The maximum atomic E-state index is 15.1. The molecule has 0 aliphatic carbocycles. The standard InChI is InChI=1S/C82H100N10O30S2/c1-79(2,3)119-73(103)85-71(86-74(104)120-80(4,5)6)83-59-31-27-57(28-32-59)69(101)117-61-35-23-53(24-36-61)49-91(77(107)115-51-55-19-15-13-16-20-55)123(109,110)89(63(67(97)98)39-41-65(93)94)43-45-113-47-48-114-46-44-90(64(68(99)100)40-42-66(95)96)124(111,112)92(78(108)116-52-56-21-17-14-18-22-56)50-54-25-37-62(38-26-54)118-70(102)58-29-33-60(34-30-58)84-72(87-75(105)121-81(7,8)9)88-76(106)122-82(10,11)12/h13-38,63-64H,39-52H2,1-12H3,(H,93,94)(H,95,96)(H,97,98)(H,99,100)(H2,83,85,86,103,104)(H2,84,87,88,105,106). The largest absolute Gasteiger partial charge is 0.481 e. The number of aliphatic imine (C=N–C) groups is 2. The van der Waals surface area contributed by atoms with Crippen LogP contribution in [0.1, 0.15) is 152 Å². The molecule has 0 aliphatic heterocycles. The minimum Gasteiger partial charge on any atom is -0.481 e. The zero-order valence-corrected chi connectivity index (χ0v) is 71.6. The summed E-state index contributed by atoms with van der Waals surface area (Å²) in [5, 5.41) is 50.7. The van der Waals surface area contributed by atoms with Crippen molar-refractivity contribution in [3.8, 4) is 11.5 Å². The van der Waals surface area contributed by atoms with Gasteiger partial charge < -0.3 is 78.4 Å². The van der Waals surface area contributed by atoms with Crippen molar-refractivity contribution in [1.82, 2.24) is 27.9 Å². The van der Waals surface area contributed by atoms with Crippen LogP contribution in [0.4, 0.5) is 40.1 Å². The lowest BCUT2D eigenvalue weighted by atomic mass is 10.1. The molecule has 0 fully saturated rings. The lowest BCUT2D eigenvalue weighted by Crippen LogP contribution is -2.54. The summed E-state index contributed by atoms with van der Waals surface area (Å²) in [5.41, 5.74) is -2.50. The molecule has 0 saturated carbocycles. The number of anilines is 2. The zero-order chi connectivity index (χ0) is 91.9. The van der Waals surface area contributed by atoms with Crippen LogP contribution in [0, 0.1) is 0 Å². The summed E-state index contributed by atoms with van der Waals surface area (Å²) in [4.78, 5) is 164. The summed E-state index contributed by atoms with van der Waals surface area (Å²) in [5.74, 6) is -9.54. The molecule has 0 radical (unpaired) electrons. The Hall–Kier alpha value is -13.2. The smallest absolute Gasteiger partial charge is 0.437 e. The number of aliphatic carboxylic acids is 4. The molecule has 0 aromatic heterocycles. The van der Waals surface area contributed by atoms with E-state index in [2.05, 4.69) is 31.3 Å². The fraction of sp³-hybridized carbons (Fsp3) is 0.390. The third-order valence-corrected chi connectivity index (χ3v) is 19.6. The predicted molar refractivity (Wildman–Crippen MR) is 443 cm³/mol. The zero-order valence-electron chi connectivity index (χ0n) is 70.0. The van der Waals surface area contributed by atoms with E-state index < -0.39 is 219 Å². The maximum absolute atomic E-state index is 15.1. The summed E-state index contributed by atoms with van der Waals surface area (Å²) < 4.78 is 116. The van der Waals surface area contributed by atoms with Crippen LogP contribution in [-0.2, 0) is 104 Å². The summed E-state index contributed by atoms with van der Waals surface area (Å²) in [6.07, 6.45) is -10.6. The number of ether oxygens (including phenoxy) is 10. The highest BCUT2D eigenvalue weighted by atomic mass is 32.2. The molecule has 0 bridgehead atoms. The summed E-state index contributed by atoms with van der Waals surface area (Å²) in [6, 6.07) is 32.4. The molecule has 0 saturated heterocycles. The molecule has 40 nitrogen and oxygen atoms in total. The van der Waals surface area contributed by atoms with E-state index in [-0.39, 0.29) is 65.7 Å². The molecule has 0 spiro atoms. The fourth-order valence-electron chi connectivity index (χ4n) is 10.5. The minimum atomic E-state index is -5.46. The number of guanidine groups is 2. The average molecular weight is 1770 g/mol. The number of carboxylic acids is 4. The molecular weight excluding hydrogens is 1670 g/mol. The second-order valence-corrected chi connectivity index (χ2v) is 34.3. The number of benzene rings is 6. The Morgan fingerprint density at radius 1 is 0.395 bits per heavy atom. The van der Waals surface area contributed by atoms with E-state index in [0.29, 0.717) is 19.7 Å². The number of carbonyl (C=O) groups is 12. The number of nitrogens with one attached hydrogen (secondary N) is 4. The highest BCUT2D eigenvalue weighted by Crippen LogP contribution is 2.28. The van der Waals surface area contributed by atoms with Gasteiger partial charge in [-0.2, -0.15) is 34.1 Å². The van der Waals surface area contributed by atoms with Crippen molar-refractivity contribution < 1.29 is 142 Å². The van der Waals surface area contributed by atoms with Crippen LogP contribution in [0.2, 0.25) is 0 Å².